The molecule has 1 saturated carbocycles. The van der Waals surface area contributed by atoms with E-state index in [4.69, 9.17) is 9.98 Å². The Hall–Kier alpha value is -3.76. The number of likely N-dealkylation sites (N-methyl/N-ethyl adjacent to an activating group) is 1. The molecule has 0 atom stereocenters. The van der Waals surface area contributed by atoms with Crippen LogP contribution >= 0.6 is 0 Å². The minimum atomic E-state index is -0.472. The molecular weight excluding hydrogens is 444 g/mol. The van der Waals surface area contributed by atoms with Gasteiger partial charge < -0.3 is 15.0 Å². The Morgan fingerprint density at radius 1 is 1.17 bits per heavy atom. The standard InChI is InChI=1S/C25H28N8O2/c1-31-7-9-32(10-8-31)15-16-3-2-4-17(11-16)20-13-22(27-19-5-6-19)33-23(28-20)18(14-26-33)12-21-24(34)30-25(35)29-21/h2-4,11-14,19,34H,5-10,15H2,1H3,(H2,29,30,35)/b18-12+,27-22?. The summed E-state index contributed by atoms with van der Waals surface area (Å²) in [5.74, 6) is -0.218. The van der Waals surface area contributed by atoms with Gasteiger partial charge in [-0.3, -0.25) is 14.9 Å². The first-order chi connectivity index (χ1) is 17.0. The lowest BCUT2D eigenvalue weighted by Crippen LogP contribution is -2.43. The molecule has 1 aliphatic carbocycles. The van der Waals surface area contributed by atoms with Crippen molar-refractivity contribution in [2.75, 3.05) is 33.2 Å². The zero-order valence-corrected chi connectivity index (χ0v) is 19.6. The number of H-pyrrole nitrogens is 2. The number of nitrogens with one attached hydrogen (secondary N) is 2. The molecule has 180 valence electrons. The molecule has 0 spiro atoms. The number of benzene rings is 1. The summed E-state index contributed by atoms with van der Waals surface area (Å²) >= 11 is 0. The van der Waals surface area contributed by atoms with Crippen LogP contribution in [0.3, 0.4) is 0 Å². The predicted molar refractivity (Wildman–Crippen MR) is 132 cm³/mol. The van der Waals surface area contributed by atoms with Gasteiger partial charge in [0.25, 0.3) is 0 Å². The van der Waals surface area contributed by atoms with Crippen molar-refractivity contribution in [3.8, 4) is 17.1 Å². The number of piperazine rings is 1. The smallest absolute Gasteiger partial charge is 0.326 e. The first kappa shape index (κ1) is 21.8. The van der Waals surface area contributed by atoms with Crippen molar-refractivity contribution >= 4 is 11.7 Å². The van der Waals surface area contributed by atoms with E-state index in [1.165, 1.54) is 5.56 Å². The molecule has 35 heavy (non-hydrogen) atoms. The molecule has 4 aromatic rings. The highest BCUT2D eigenvalue weighted by molar-refractivity contribution is 5.64. The highest BCUT2D eigenvalue weighted by Crippen LogP contribution is 2.23. The number of aromatic hydroxyl groups is 1. The maximum absolute atomic E-state index is 11.6. The second-order valence-corrected chi connectivity index (χ2v) is 9.46. The van der Waals surface area contributed by atoms with Crippen LogP contribution in [-0.4, -0.2) is 78.7 Å². The van der Waals surface area contributed by atoms with Crippen molar-refractivity contribution in [2.24, 2.45) is 4.99 Å². The highest BCUT2D eigenvalue weighted by Gasteiger charge is 2.20. The van der Waals surface area contributed by atoms with Crippen molar-refractivity contribution in [3.05, 3.63) is 69.0 Å². The number of aromatic amines is 2. The molecule has 3 N–H and O–H groups in total. The largest absolute Gasteiger partial charge is 0.493 e. The van der Waals surface area contributed by atoms with Gasteiger partial charge in [-0.2, -0.15) is 9.61 Å². The van der Waals surface area contributed by atoms with Crippen LogP contribution in [0.25, 0.3) is 23.0 Å². The van der Waals surface area contributed by atoms with Crippen LogP contribution in [0.1, 0.15) is 24.1 Å². The minimum absolute atomic E-state index is 0.218. The zero-order chi connectivity index (χ0) is 23.9. The van der Waals surface area contributed by atoms with E-state index in [-0.39, 0.29) is 11.6 Å². The Morgan fingerprint density at radius 3 is 2.74 bits per heavy atom. The maximum Gasteiger partial charge on any atom is 0.326 e. The molecule has 10 nitrogen and oxygen atoms in total. The summed E-state index contributed by atoms with van der Waals surface area (Å²) in [6.07, 6.45) is 5.50. The molecule has 4 heterocycles. The predicted octanol–water partition coefficient (Wildman–Crippen LogP) is 0.477. The van der Waals surface area contributed by atoms with Gasteiger partial charge in [-0.1, -0.05) is 18.2 Å². The van der Waals surface area contributed by atoms with Crippen LogP contribution in [0.5, 0.6) is 5.88 Å². The molecule has 0 radical (unpaired) electrons. The summed E-state index contributed by atoms with van der Waals surface area (Å²) in [4.78, 5) is 31.1. The van der Waals surface area contributed by atoms with E-state index in [1.807, 2.05) is 6.07 Å². The van der Waals surface area contributed by atoms with E-state index in [2.05, 4.69) is 56.2 Å². The number of fused-ring (bicyclic) bond motifs is 1. The lowest BCUT2D eigenvalue weighted by Gasteiger charge is -2.32. The van der Waals surface area contributed by atoms with Gasteiger partial charge in [0.1, 0.15) is 5.69 Å². The van der Waals surface area contributed by atoms with Crippen molar-refractivity contribution in [2.45, 2.75) is 25.4 Å². The molecule has 6 rings (SSSR count). The summed E-state index contributed by atoms with van der Waals surface area (Å²) in [6, 6.07) is 10.8. The average molecular weight is 473 g/mol. The van der Waals surface area contributed by atoms with Crippen molar-refractivity contribution in [3.63, 3.8) is 0 Å². The van der Waals surface area contributed by atoms with E-state index in [9.17, 15) is 9.90 Å². The summed E-state index contributed by atoms with van der Waals surface area (Å²) in [5.41, 5.74) is 4.28. The van der Waals surface area contributed by atoms with Gasteiger partial charge in [0.2, 0.25) is 5.88 Å². The normalized spacial score (nSPS) is 18.7. The lowest BCUT2D eigenvalue weighted by atomic mass is 10.1. The quantitative estimate of drug-likeness (QED) is 0.389. The second-order valence-electron chi connectivity index (χ2n) is 9.46. The van der Waals surface area contributed by atoms with E-state index >= 15 is 0 Å². The first-order valence-corrected chi connectivity index (χ1v) is 12.0. The highest BCUT2D eigenvalue weighted by atomic mass is 16.3. The van der Waals surface area contributed by atoms with Gasteiger partial charge in [-0.05, 0) is 37.6 Å². The minimum Gasteiger partial charge on any atom is -0.493 e. The molecule has 1 aliphatic heterocycles. The van der Waals surface area contributed by atoms with E-state index in [1.54, 1.807) is 16.8 Å². The average Bonchev–Trinajstić information content (AvgIpc) is 3.48. The third kappa shape index (κ3) is 4.62. The SMILES string of the molecule is CN1CCN(Cc2cccc(-c3cc(=NC4CC4)n4nc/c(=C\c5[nH]c(=O)[nH]c5O)c4n3)c2)CC1. The van der Waals surface area contributed by atoms with Gasteiger partial charge in [-0.25, -0.2) is 9.78 Å². The third-order valence-electron chi connectivity index (χ3n) is 6.60. The summed E-state index contributed by atoms with van der Waals surface area (Å²) in [5, 5.41) is 15.2. The fourth-order valence-electron chi connectivity index (χ4n) is 4.44. The monoisotopic (exact) mass is 472 g/mol. The van der Waals surface area contributed by atoms with Crippen LogP contribution in [-0.2, 0) is 6.54 Å². The lowest BCUT2D eigenvalue weighted by molar-refractivity contribution is 0.148. The van der Waals surface area contributed by atoms with Gasteiger partial charge in [0.15, 0.2) is 11.1 Å². The van der Waals surface area contributed by atoms with E-state index < -0.39 is 5.69 Å². The Labute approximate surface area is 201 Å². The molecule has 2 fully saturated rings. The van der Waals surface area contributed by atoms with Crippen LogP contribution in [0, 0.1) is 0 Å². The van der Waals surface area contributed by atoms with Crippen LogP contribution in [0.4, 0.5) is 0 Å². The van der Waals surface area contributed by atoms with Crippen LogP contribution < -0.4 is 16.4 Å². The van der Waals surface area contributed by atoms with E-state index in [0.717, 1.165) is 62.3 Å². The number of hydrogen-bond acceptors (Lipinski definition) is 7. The molecule has 0 unspecified atom stereocenters. The van der Waals surface area contributed by atoms with Gasteiger partial charge in [-0.15, -0.1) is 0 Å². The molecular formula is C25H28N8O2. The van der Waals surface area contributed by atoms with Crippen molar-refractivity contribution in [1.29, 1.82) is 0 Å². The van der Waals surface area contributed by atoms with Gasteiger partial charge >= 0.3 is 5.69 Å². The Balaban J connectivity index is 1.43. The van der Waals surface area contributed by atoms with Crippen molar-refractivity contribution in [1.82, 2.24) is 34.4 Å². The van der Waals surface area contributed by atoms with Crippen LogP contribution in [0.2, 0.25) is 0 Å². The summed E-state index contributed by atoms with van der Waals surface area (Å²) < 4.78 is 1.73. The fraction of sp³-hybridized carbons (Fsp3) is 0.360. The molecule has 0 bridgehead atoms. The first-order valence-electron chi connectivity index (χ1n) is 12.0. The molecule has 1 aromatic carbocycles. The number of hydrogen-bond donors (Lipinski definition) is 3. The Morgan fingerprint density at radius 2 is 2.00 bits per heavy atom. The topological polar surface area (TPSA) is 118 Å². The van der Waals surface area contributed by atoms with Gasteiger partial charge in [0, 0.05) is 49.6 Å². The second kappa shape index (κ2) is 8.79. The zero-order valence-electron chi connectivity index (χ0n) is 19.6. The summed E-state index contributed by atoms with van der Waals surface area (Å²) in [7, 11) is 2.17. The Bertz CT molecular complexity index is 1550. The van der Waals surface area contributed by atoms with Crippen LogP contribution in [0.15, 0.2) is 46.3 Å². The fourth-order valence-corrected chi connectivity index (χ4v) is 4.44. The molecule has 2 aliphatic rings. The molecule has 0 amide bonds. The number of nitrogens with zero attached hydrogens (tertiary/aromatic N) is 6. The summed E-state index contributed by atoms with van der Waals surface area (Å²) in [6.45, 7) is 5.23. The Kier molecular flexibility index (Phi) is 5.46. The molecule has 3 aromatic heterocycles. The number of aromatic nitrogens is 5. The molecule has 1 saturated heterocycles. The number of rotatable bonds is 5. The van der Waals surface area contributed by atoms with E-state index in [0.29, 0.717) is 16.9 Å². The third-order valence-corrected chi connectivity index (χ3v) is 6.60. The van der Waals surface area contributed by atoms with Gasteiger partial charge in [0.05, 0.1) is 17.9 Å². The maximum atomic E-state index is 11.6. The van der Waals surface area contributed by atoms with Crippen molar-refractivity contribution < 1.29 is 5.11 Å². The number of imidazole rings is 1. The molecule has 10 heteroatoms.